The average Bonchev–Trinajstić information content (AvgIpc) is 3.00. The number of carbonyl (C=O) groups excluding carboxylic acids is 1. The SMILES string of the molecule is [C-]#[N+]c1ccc(-n2c(C)c(C(=O)CN3CCCCC3)c3cc(O)ccc32)cc1. The van der Waals surface area contributed by atoms with Gasteiger partial charge in [0, 0.05) is 22.3 Å². The van der Waals surface area contributed by atoms with Crippen molar-refractivity contribution in [3.8, 4) is 11.4 Å². The summed E-state index contributed by atoms with van der Waals surface area (Å²) < 4.78 is 2.03. The van der Waals surface area contributed by atoms with Gasteiger partial charge in [0.2, 0.25) is 0 Å². The molecule has 0 amide bonds. The van der Waals surface area contributed by atoms with Crippen molar-refractivity contribution in [3.05, 3.63) is 65.1 Å². The van der Waals surface area contributed by atoms with Crippen molar-refractivity contribution in [3.63, 3.8) is 0 Å². The number of aromatic hydroxyl groups is 1. The molecule has 0 radical (unpaired) electrons. The normalized spacial score (nSPS) is 14.9. The number of likely N-dealkylation sites (tertiary alicyclic amines) is 1. The first-order chi connectivity index (χ1) is 13.6. The summed E-state index contributed by atoms with van der Waals surface area (Å²) in [6.07, 6.45) is 3.52. The highest BCUT2D eigenvalue weighted by molar-refractivity contribution is 6.11. The predicted octanol–water partition coefficient (Wildman–Crippen LogP) is 4.86. The molecule has 2 aromatic carbocycles. The van der Waals surface area contributed by atoms with E-state index in [1.807, 2.05) is 29.7 Å². The molecule has 0 spiro atoms. The first kappa shape index (κ1) is 18.3. The predicted molar refractivity (Wildman–Crippen MR) is 111 cm³/mol. The summed E-state index contributed by atoms with van der Waals surface area (Å²) >= 11 is 0. The Hall–Kier alpha value is -3.10. The summed E-state index contributed by atoms with van der Waals surface area (Å²) in [5.41, 5.74) is 3.89. The Balaban J connectivity index is 1.81. The van der Waals surface area contributed by atoms with Crippen molar-refractivity contribution in [2.45, 2.75) is 26.2 Å². The highest BCUT2D eigenvalue weighted by Gasteiger charge is 2.23. The van der Waals surface area contributed by atoms with Crippen molar-refractivity contribution in [1.82, 2.24) is 9.47 Å². The molecule has 0 aliphatic carbocycles. The molecular weight excluding hydrogens is 350 g/mol. The lowest BCUT2D eigenvalue weighted by molar-refractivity contribution is 0.0916. The maximum Gasteiger partial charge on any atom is 0.187 e. The zero-order valence-electron chi connectivity index (χ0n) is 16.0. The van der Waals surface area contributed by atoms with Crippen LogP contribution < -0.4 is 0 Å². The van der Waals surface area contributed by atoms with E-state index >= 15 is 0 Å². The molecular formula is C23H23N3O2. The third-order valence-corrected chi connectivity index (χ3v) is 5.52. The van der Waals surface area contributed by atoms with Gasteiger partial charge >= 0.3 is 0 Å². The lowest BCUT2D eigenvalue weighted by Gasteiger charge is -2.25. The first-order valence-corrected chi connectivity index (χ1v) is 9.66. The molecule has 0 atom stereocenters. The Morgan fingerprint density at radius 2 is 1.82 bits per heavy atom. The maximum atomic E-state index is 13.2. The van der Waals surface area contributed by atoms with Gasteiger partial charge < -0.3 is 9.67 Å². The van der Waals surface area contributed by atoms with E-state index in [-0.39, 0.29) is 11.5 Å². The van der Waals surface area contributed by atoms with Crippen molar-refractivity contribution in [1.29, 1.82) is 0 Å². The van der Waals surface area contributed by atoms with Gasteiger partial charge in [-0.3, -0.25) is 9.69 Å². The molecule has 4 rings (SSSR count). The first-order valence-electron chi connectivity index (χ1n) is 9.66. The zero-order chi connectivity index (χ0) is 19.7. The lowest BCUT2D eigenvalue weighted by Crippen LogP contribution is -2.34. The largest absolute Gasteiger partial charge is 0.508 e. The fourth-order valence-corrected chi connectivity index (χ4v) is 4.17. The number of hydrogen-bond acceptors (Lipinski definition) is 3. The number of fused-ring (bicyclic) bond motifs is 1. The average molecular weight is 373 g/mol. The van der Waals surface area contributed by atoms with Crippen LogP contribution in [-0.2, 0) is 0 Å². The fraction of sp³-hybridized carbons (Fsp3) is 0.304. The third-order valence-electron chi connectivity index (χ3n) is 5.52. The number of phenolic OH excluding ortho intramolecular Hbond substituents is 1. The lowest BCUT2D eigenvalue weighted by atomic mass is 10.0. The summed E-state index contributed by atoms with van der Waals surface area (Å²) in [4.78, 5) is 18.9. The number of benzene rings is 2. The number of piperidine rings is 1. The van der Waals surface area contributed by atoms with Gasteiger partial charge in [-0.05, 0) is 63.2 Å². The van der Waals surface area contributed by atoms with E-state index < -0.39 is 0 Å². The van der Waals surface area contributed by atoms with E-state index in [1.54, 1.807) is 24.3 Å². The second-order valence-electron chi connectivity index (χ2n) is 7.39. The van der Waals surface area contributed by atoms with Crippen LogP contribution in [0.4, 0.5) is 5.69 Å². The molecule has 0 unspecified atom stereocenters. The number of phenols is 1. The molecule has 1 N–H and O–H groups in total. The van der Waals surface area contributed by atoms with E-state index in [0.717, 1.165) is 48.2 Å². The molecule has 2 heterocycles. The van der Waals surface area contributed by atoms with Crippen molar-refractivity contribution in [2.24, 2.45) is 0 Å². The van der Waals surface area contributed by atoms with Crippen LogP contribution in [0.5, 0.6) is 5.75 Å². The Morgan fingerprint density at radius 3 is 2.50 bits per heavy atom. The van der Waals surface area contributed by atoms with Crippen LogP contribution in [0.1, 0.15) is 35.3 Å². The van der Waals surface area contributed by atoms with E-state index in [9.17, 15) is 9.90 Å². The smallest absolute Gasteiger partial charge is 0.187 e. The molecule has 0 bridgehead atoms. The highest BCUT2D eigenvalue weighted by atomic mass is 16.3. The van der Waals surface area contributed by atoms with E-state index in [4.69, 9.17) is 6.57 Å². The number of aromatic nitrogens is 1. The van der Waals surface area contributed by atoms with Gasteiger partial charge in [0.1, 0.15) is 5.75 Å². The van der Waals surface area contributed by atoms with Crippen LogP contribution in [-0.4, -0.2) is 40.0 Å². The van der Waals surface area contributed by atoms with Crippen LogP contribution in [0.2, 0.25) is 0 Å². The van der Waals surface area contributed by atoms with Crippen LogP contribution in [0, 0.1) is 13.5 Å². The van der Waals surface area contributed by atoms with Gasteiger partial charge in [-0.1, -0.05) is 18.6 Å². The standard InChI is InChI=1S/C23H23N3O2/c1-16-23(22(28)15-25-12-4-3-5-13-25)20-14-19(27)10-11-21(20)26(16)18-8-6-17(24-2)7-9-18/h6-11,14,27H,3-5,12-13,15H2,1H3. The van der Waals surface area contributed by atoms with Crippen molar-refractivity contribution < 1.29 is 9.90 Å². The summed E-state index contributed by atoms with van der Waals surface area (Å²) in [7, 11) is 0. The number of Topliss-reactive ketones (excluding diaryl/α,β-unsaturated/α-hetero) is 1. The van der Waals surface area contributed by atoms with Crippen molar-refractivity contribution >= 4 is 22.4 Å². The summed E-state index contributed by atoms with van der Waals surface area (Å²) in [5, 5.41) is 10.8. The van der Waals surface area contributed by atoms with E-state index in [2.05, 4.69) is 9.74 Å². The van der Waals surface area contributed by atoms with E-state index in [1.165, 1.54) is 6.42 Å². The number of hydrogen-bond donors (Lipinski definition) is 1. The second kappa shape index (κ2) is 7.49. The number of nitrogens with zero attached hydrogens (tertiary/aromatic N) is 3. The van der Waals surface area contributed by atoms with Gasteiger partial charge in [0.05, 0.1) is 18.6 Å². The maximum absolute atomic E-state index is 13.2. The molecule has 142 valence electrons. The molecule has 5 nitrogen and oxygen atoms in total. The van der Waals surface area contributed by atoms with Crippen LogP contribution >= 0.6 is 0 Å². The molecule has 1 saturated heterocycles. The minimum Gasteiger partial charge on any atom is -0.508 e. The number of rotatable bonds is 4. The topological polar surface area (TPSA) is 49.8 Å². The molecule has 1 fully saturated rings. The second-order valence-corrected chi connectivity index (χ2v) is 7.39. The van der Waals surface area contributed by atoms with Gasteiger partial charge in [-0.25, -0.2) is 4.85 Å². The molecule has 1 aromatic heterocycles. The molecule has 5 heteroatoms. The summed E-state index contributed by atoms with van der Waals surface area (Å²) in [6.45, 7) is 11.4. The van der Waals surface area contributed by atoms with Crippen molar-refractivity contribution in [2.75, 3.05) is 19.6 Å². The number of carbonyl (C=O) groups is 1. The fourth-order valence-electron chi connectivity index (χ4n) is 4.17. The zero-order valence-corrected chi connectivity index (χ0v) is 16.0. The third kappa shape index (κ3) is 3.28. The Kier molecular flexibility index (Phi) is 4.89. The number of ketones is 1. The molecule has 28 heavy (non-hydrogen) atoms. The van der Waals surface area contributed by atoms with Gasteiger partial charge in [0.15, 0.2) is 11.5 Å². The molecule has 3 aromatic rings. The Labute approximate surface area is 164 Å². The minimum atomic E-state index is 0.0894. The van der Waals surface area contributed by atoms with Crippen LogP contribution in [0.15, 0.2) is 42.5 Å². The van der Waals surface area contributed by atoms with Crippen LogP contribution in [0.3, 0.4) is 0 Å². The molecule has 1 aliphatic rings. The quantitative estimate of drug-likeness (QED) is 0.525. The molecule has 1 aliphatic heterocycles. The summed E-state index contributed by atoms with van der Waals surface area (Å²) in [6, 6.07) is 12.5. The Morgan fingerprint density at radius 1 is 1.11 bits per heavy atom. The van der Waals surface area contributed by atoms with Gasteiger partial charge in [-0.2, -0.15) is 0 Å². The summed E-state index contributed by atoms with van der Waals surface area (Å²) in [5.74, 6) is 0.242. The van der Waals surface area contributed by atoms with Crippen LogP contribution in [0.25, 0.3) is 21.4 Å². The van der Waals surface area contributed by atoms with Gasteiger partial charge in [-0.15, -0.1) is 0 Å². The minimum absolute atomic E-state index is 0.0894. The van der Waals surface area contributed by atoms with E-state index in [0.29, 0.717) is 17.8 Å². The molecule has 0 saturated carbocycles. The highest BCUT2D eigenvalue weighted by Crippen LogP contribution is 2.32. The monoisotopic (exact) mass is 373 g/mol. The van der Waals surface area contributed by atoms with Gasteiger partial charge in [0.25, 0.3) is 0 Å². The Bertz CT molecular complexity index is 1070.